The van der Waals surface area contributed by atoms with Crippen molar-refractivity contribution in [1.29, 1.82) is 5.26 Å². The maximum Gasteiger partial charge on any atom is 0.234 e. The molecule has 1 aliphatic heterocycles. The van der Waals surface area contributed by atoms with Crippen LogP contribution in [-0.4, -0.2) is 17.6 Å². The number of thioether (sulfide) groups is 1. The molecule has 2 amide bonds. The Bertz CT molecular complexity index is 957. The van der Waals surface area contributed by atoms with E-state index < -0.39 is 0 Å². The highest BCUT2D eigenvalue weighted by atomic mass is 32.2. The van der Waals surface area contributed by atoms with Gasteiger partial charge in [-0.25, -0.2) is 0 Å². The molecule has 0 radical (unpaired) electrons. The van der Waals surface area contributed by atoms with E-state index in [0.717, 1.165) is 22.4 Å². The minimum atomic E-state index is -0.287. The van der Waals surface area contributed by atoms with Crippen molar-refractivity contribution in [2.24, 2.45) is 0 Å². The van der Waals surface area contributed by atoms with E-state index in [4.69, 9.17) is 0 Å². The Morgan fingerprint density at radius 3 is 2.54 bits per heavy atom. The Balaban J connectivity index is 1.74. The quantitative estimate of drug-likeness (QED) is 0.807. The Hall–Kier alpha value is -3.04. The van der Waals surface area contributed by atoms with Gasteiger partial charge in [0, 0.05) is 18.0 Å². The molecule has 0 saturated carbocycles. The Kier molecular flexibility index (Phi) is 6.17. The fraction of sp³-hybridized carbons (Fsp3) is 0.227. The molecule has 0 fully saturated rings. The number of nitrogens with zero attached hydrogens (tertiary/aromatic N) is 1. The number of nitrogens with one attached hydrogen (secondary N) is 2. The molecule has 2 N–H and O–H groups in total. The molecule has 3 rings (SSSR count). The molecule has 2 aromatic rings. The van der Waals surface area contributed by atoms with Crippen LogP contribution in [0.5, 0.6) is 0 Å². The number of rotatable bonds is 5. The minimum Gasteiger partial charge on any atom is -0.325 e. The van der Waals surface area contributed by atoms with Crippen LogP contribution in [0.2, 0.25) is 0 Å². The predicted molar refractivity (Wildman–Crippen MR) is 112 cm³/mol. The normalized spacial score (nSPS) is 16.3. The third-order valence-electron chi connectivity index (χ3n) is 4.41. The predicted octanol–water partition coefficient (Wildman–Crippen LogP) is 4.01. The first-order valence-corrected chi connectivity index (χ1v) is 9.95. The topological polar surface area (TPSA) is 82.0 Å². The van der Waals surface area contributed by atoms with Gasteiger partial charge in [0.15, 0.2) is 0 Å². The second-order valence-electron chi connectivity index (χ2n) is 6.78. The third kappa shape index (κ3) is 4.81. The van der Waals surface area contributed by atoms with Gasteiger partial charge in [-0.2, -0.15) is 5.26 Å². The zero-order valence-corrected chi connectivity index (χ0v) is 16.6. The number of carbonyl (C=O) groups is 2. The summed E-state index contributed by atoms with van der Waals surface area (Å²) in [5.74, 6) is -0.513. The standard InChI is InChI=1S/C22H21N3O2S/c1-14-8-15(2)10-17(9-14)24-21(27)13-28-22-19(12-23)18(11-20(26)25-22)16-6-4-3-5-7-16/h3-10,18H,11,13H2,1-2H3,(H,24,27)(H,25,26)/t18-/m1/s1. The average molecular weight is 391 g/mol. The monoisotopic (exact) mass is 391 g/mol. The molecule has 0 spiro atoms. The molecule has 1 heterocycles. The molecule has 28 heavy (non-hydrogen) atoms. The summed E-state index contributed by atoms with van der Waals surface area (Å²) >= 11 is 1.18. The van der Waals surface area contributed by atoms with Gasteiger partial charge in [0.25, 0.3) is 0 Å². The molecule has 0 aliphatic carbocycles. The zero-order chi connectivity index (χ0) is 20.1. The van der Waals surface area contributed by atoms with E-state index >= 15 is 0 Å². The van der Waals surface area contributed by atoms with Crippen LogP contribution in [-0.2, 0) is 9.59 Å². The van der Waals surface area contributed by atoms with Gasteiger partial charge >= 0.3 is 0 Å². The van der Waals surface area contributed by atoms with Gasteiger partial charge in [-0.3, -0.25) is 9.59 Å². The van der Waals surface area contributed by atoms with Gasteiger partial charge in [-0.1, -0.05) is 48.2 Å². The highest BCUT2D eigenvalue weighted by Crippen LogP contribution is 2.35. The van der Waals surface area contributed by atoms with Gasteiger partial charge in [-0.15, -0.1) is 0 Å². The molecule has 0 bridgehead atoms. The lowest BCUT2D eigenvalue weighted by Crippen LogP contribution is -2.31. The summed E-state index contributed by atoms with van der Waals surface area (Å²) in [7, 11) is 0. The lowest BCUT2D eigenvalue weighted by molar-refractivity contribution is -0.121. The van der Waals surface area contributed by atoms with E-state index in [-0.39, 0.29) is 29.9 Å². The van der Waals surface area contributed by atoms with Crippen LogP contribution in [0.1, 0.15) is 29.0 Å². The molecule has 1 atom stereocenters. The second kappa shape index (κ2) is 8.77. The van der Waals surface area contributed by atoms with Crippen molar-refractivity contribution in [1.82, 2.24) is 5.32 Å². The lowest BCUT2D eigenvalue weighted by atomic mass is 9.87. The highest BCUT2D eigenvalue weighted by Gasteiger charge is 2.29. The maximum atomic E-state index is 12.4. The summed E-state index contributed by atoms with van der Waals surface area (Å²) < 4.78 is 0. The lowest BCUT2D eigenvalue weighted by Gasteiger charge is -2.25. The third-order valence-corrected chi connectivity index (χ3v) is 5.43. The molecular weight excluding hydrogens is 370 g/mol. The SMILES string of the molecule is Cc1cc(C)cc(NC(=O)CSC2=C(C#N)[C@@H](c3ccccc3)CC(=O)N2)c1. The van der Waals surface area contributed by atoms with Gasteiger partial charge in [0.05, 0.1) is 22.4 Å². The van der Waals surface area contributed by atoms with Crippen molar-refractivity contribution in [2.75, 3.05) is 11.1 Å². The minimum absolute atomic E-state index is 0.106. The van der Waals surface area contributed by atoms with Crippen molar-refractivity contribution in [2.45, 2.75) is 26.2 Å². The number of nitriles is 1. The van der Waals surface area contributed by atoms with Gasteiger partial charge < -0.3 is 10.6 Å². The molecule has 0 saturated heterocycles. The summed E-state index contributed by atoms with van der Waals surface area (Å²) in [4.78, 5) is 24.5. The number of allylic oxidation sites excluding steroid dienone is 1. The van der Waals surface area contributed by atoms with Gasteiger partial charge in [0.2, 0.25) is 11.8 Å². The fourth-order valence-corrected chi connectivity index (χ4v) is 4.16. The molecule has 0 aromatic heterocycles. The van der Waals surface area contributed by atoms with Crippen molar-refractivity contribution >= 4 is 29.3 Å². The van der Waals surface area contributed by atoms with Crippen molar-refractivity contribution in [3.05, 3.63) is 75.8 Å². The van der Waals surface area contributed by atoms with Crippen LogP contribution in [0.3, 0.4) is 0 Å². The van der Waals surface area contributed by atoms with Crippen LogP contribution in [0.25, 0.3) is 0 Å². The van der Waals surface area contributed by atoms with E-state index in [1.165, 1.54) is 11.8 Å². The zero-order valence-electron chi connectivity index (χ0n) is 15.8. The van der Waals surface area contributed by atoms with E-state index in [9.17, 15) is 14.9 Å². The van der Waals surface area contributed by atoms with Crippen molar-refractivity contribution < 1.29 is 9.59 Å². The first-order valence-electron chi connectivity index (χ1n) is 8.96. The highest BCUT2D eigenvalue weighted by molar-refractivity contribution is 8.03. The summed E-state index contributed by atoms with van der Waals surface area (Å²) in [6.07, 6.45) is 0.228. The smallest absolute Gasteiger partial charge is 0.234 e. The summed E-state index contributed by atoms with van der Waals surface area (Å²) in [6.45, 7) is 3.95. The molecule has 142 valence electrons. The molecule has 6 heteroatoms. The summed E-state index contributed by atoms with van der Waals surface area (Å²) in [5, 5.41) is 15.8. The van der Waals surface area contributed by atoms with Crippen LogP contribution in [0.4, 0.5) is 5.69 Å². The van der Waals surface area contributed by atoms with Crippen LogP contribution in [0.15, 0.2) is 59.1 Å². The molecule has 0 unspecified atom stereocenters. The van der Waals surface area contributed by atoms with E-state index in [0.29, 0.717) is 10.6 Å². The molecule has 2 aromatic carbocycles. The number of hydrogen-bond acceptors (Lipinski definition) is 4. The summed E-state index contributed by atoms with van der Waals surface area (Å²) in [6, 6.07) is 17.6. The number of aryl methyl sites for hydroxylation is 2. The van der Waals surface area contributed by atoms with Gasteiger partial charge in [-0.05, 0) is 42.7 Å². The number of carbonyl (C=O) groups excluding carboxylic acids is 2. The van der Waals surface area contributed by atoms with Crippen LogP contribution in [0, 0.1) is 25.2 Å². The van der Waals surface area contributed by atoms with E-state index in [1.807, 2.05) is 62.4 Å². The Morgan fingerprint density at radius 1 is 1.21 bits per heavy atom. The molecule has 5 nitrogen and oxygen atoms in total. The maximum absolute atomic E-state index is 12.4. The van der Waals surface area contributed by atoms with E-state index in [1.54, 1.807) is 0 Å². The number of amides is 2. The van der Waals surface area contributed by atoms with E-state index in [2.05, 4.69) is 16.7 Å². The molecular formula is C22H21N3O2S. The van der Waals surface area contributed by atoms with Crippen LogP contribution < -0.4 is 10.6 Å². The second-order valence-corrected chi connectivity index (χ2v) is 7.77. The number of benzene rings is 2. The Morgan fingerprint density at radius 2 is 1.89 bits per heavy atom. The first kappa shape index (κ1) is 19.7. The summed E-state index contributed by atoms with van der Waals surface area (Å²) in [5.41, 5.74) is 4.31. The number of anilines is 1. The van der Waals surface area contributed by atoms with Crippen molar-refractivity contribution in [3.8, 4) is 6.07 Å². The number of hydrogen-bond donors (Lipinski definition) is 2. The largest absolute Gasteiger partial charge is 0.325 e. The van der Waals surface area contributed by atoms with Crippen molar-refractivity contribution in [3.63, 3.8) is 0 Å². The first-order chi connectivity index (χ1) is 13.5. The average Bonchev–Trinajstić information content (AvgIpc) is 2.65. The Labute approximate surface area is 168 Å². The molecule has 1 aliphatic rings. The van der Waals surface area contributed by atoms with Gasteiger partial charge in [0.1, 0.15) is 0 Å². The fourth-order valence-electron chi connectivity index (χ4n) is 3.28. The van der Waals surface area contributed by atoms with Crippen LogP contribution >= 0.6 is 11.8 Å².